The molecule has 0 saturated carbocycles. The van der Waals surface area contributed by atoms with Crippen molar-refractivity contribution in [1.82, 2.24) is 5.32 Å². The number of amides is 1. The van der Waals surface area contributed by atoms with Crippen LogP contribution in [0.25, 0.3) is 11.0 Å². The Balaban J connectivity index is 1.46. The molecular formula is C22H23NO6. The van der Waals surface area contributed by atoms with Crippen molar-refractivity contribution in [2.24, 2.45) is 5.92 Å². The van der Waals surface area contributed by atoms with E-state index in [4.69, 9.17) is 18.6 Å². The zero-order chi connectivity index (χ0) is 20.6. The zero-order valence-corrected chi connectivity index (χ0v) is 16.5. The summed E-state index contributed by atoms with van der Waals surface area (Å²) in [4.78, 5) is 23.7. The van der Waals surface area contributed by atoms with Crippen LogP contribution in [-0.2, 0) is 15.9 Å². The Hall–Kier alpha value is -3.22. The molecule has 0 spiro atoms. The molecule has 2 aliphatic heterocycles. The summed E-state index contributed by atoms with van der Waals surface area (Å²) in [5.41, 5.74) is 0.195. The molecule has 29 heavy (non-hydrogen) atoms. The van der Waals surface area contributed by atoms with Gasteiger partial charge in [0.05, 0.1) is 6.26 Å². The van der Waals surface area contributed by atoms with Crippen molar-refractivity contribution in [3.05, 3.63) is 64.9 Å². The van der Waals surface area contributed by atoms with E-state index in [0.29, 0.717) is 17.8 Å². The van der Waals surface area contributed by atoms with Gasteiger partial charge in [-0.2, -0.15) is 0 Å². The van der Waals surface area contributed by atoms with E-state index in [2.05, 4.69) is 5.32 Å². The number of hydrogen-bond acceptors (Lipinski definition) is 6. The van der Waals surface area contributed by atoms with Crippen LogP contribution in [0.15, 0.2) is 58.1 Å². The van der Waals surface area contributed by atoms with Gasteiger partial charge in [0.2, 0.25) is 0 Å². The Morgan fingerprint density at radius 1 is 1.31 bits per heavy atom. The second kappa shape index (κ2) is 7.31. The van der Waals surface area contributed by atoms with Gasteiger partial charge in [0.15, 0.2) is 0 Å². The maximum absolute atomic E-state index is 12.3. The Morgan fingerprint density at radius 2 is 2.14 bits per heavy atom. The summed E-state index contributed by atoms with van der Waals surface area (Å²) in [7, 11) is 0. The van der Waals surface area contributed by atoms with Crippen LogP contribution in [0.3, 0.4) is 0 Å². The third-order valence-corrected chi connectivity index (χ3v) is 5.23. The normalized spacial score (nSPS) is 24.7. The molecule has 7 nitrogen and oxygen atoms in total. The van der Waals surface area contributed by atoms with Crippen molar-refractivity contribution in [3.8, 4) is 5.75 Å². The zero-order valence-electron chi connectivity index (χ0n) is 16.5. The summed E-state index contributed by atoms with van der Waals surface area (Å²) in [6, 6.07) is 6.68. The van der Waals surface area contributed by atoms with Crippen LogP contribution in [0, 0.1) is 5.92 Å². The number of benzene rings is 1. The fraction of sp³-hybridized carbons (Fsp3) is 0.364. The van der Waals surface area contributed by atoms with Gasteiger partial charge >= 0.3 is 11.7 Å². The molecular weight excluding hydrogens is 374 g/mol. The van der Waals surface area contributed by atoms with Crippen LogP contribution in [0.1, 0.15) is 26.3 Å². The van der Waals surface area contributed by atoms with Crippen molar-refractivity contribution in [1.29, 1.82) is 0 Å². The summed E-state index contributed by atoms with van der Waals surface area (Å²) >= 11 is 0. The number of alkyl carbamates (subject to hydrolysis) is 1. The molecule has 3 heterocycles. The lowest BCUT2D eigenvalue weighted by atomic mass is 9.90. The monoisotopic (exact) mass is 397 g/mol. The summed E-state index contributed by atoms with van der Waals surface area (Å²) in [6.07, 6.45) is 6.29. The highest BCUT2D eigenvalue weighted by molar-refractivity contribution is 5.79. The molecule has 1 N–H and O–H groups in total. The quantitative estimate of drug-likeness (QED) is 0.796. The maximum atomic E-state index is 12.3. The van der Waals surface area contributed by atoms with E-state index >= 15 is 0 Å². The molecule has 1 aromatic heterocycles. The van der Waals surface area contributed by atoms with Gasteiger partial charge in [-0.05, 0) is 43.7 Å². The molecule has 3 atom stereocenters. The van der Waals surface area contributed by atoms with Crippen molar-refractivity contribution in [2.45, 2.75) is 45.0 Å². The average Bonchev–Trinajstić information content (AvgIpc) is 3.05. The van der Waals surface area contributed by atoms with Crippen molar-refractivity contribution < 1.29 is 23.4 Å². The van der Waals surface area contributed by atoms with Crippen LogP contribution >= 0.6 is 0 Å². The number of hydrogen-bond donors (Lipinski definition) is 1. The first-order valence-corrected chi connectivity index (χ1v) is 9.53. The molecule has 0 bridgehead atoms. The van der Waals surface area contributed by atoms with Gasteiger partial charge < -0.3 is 18.6 Å². The van der Waals surface area contributed by atoms with Gasteiger partial charge in [-0.3, -0.25) is 5.32 Å². The minimum atomic E-state index is -0.746. The lowest BCUT2D eigenvalue weighted by Crippen LogP contribution is -2.49. The van der Waals surface area contributed by atoms with Crippen LogP contribution in [0.2, 0.25) is 0 Å². The van der Waals surface area contributed by atoms with Crippen LogP contribution in [-0.4, -0.2) is 23.9 Å². The third-order valence-electron chi connectivity index (χ3n) is 5.23. The molecule has 0 radical (unpaired) electrons. The fourth-order valence-electron chi connectivity index (χ4n) is 3.46. The Labute approximate surface area is 167 Å². The maximum Gasteiger partial charge on any atom is 0.411 e. The molecule has 0 fully saturated rings. The minimum Gasteiger partial charge on any atom is -0.494 e. The smallest absolute Gasteiger partial charge is 0.411 e. The topological polar surface area (TPSA) is 87.0 Å². The van der Waals surface area contributed by atoms with E-state index in [1.807, 2.05) is 32.9 Å². The largest absolute Gasteiger partial charge is 0.494 e. The lowest BCUT2D eigenvalue weighted by molar-refractivity contribution is -0.0486. The summed E-state index contributed by atoms with van der Waals surface area (Å²) < 4.78 is 22.3. The Kier molecular flexibility index (Phi) is 4.82. The first kappa shape index (κ1) is 19.1. The highest BCUT2D eigenvalue weighted by atomic mass is 16.6. The molecule has 7 heteroatoms. The number of rotatable bonds is 3. The molecule has 1 amide bonds. The first-order chi connectivity index (χ1) is 13.8. The molecule has 2 aromatic rings. The van der Waals surface area contributed by atoms with Crippen molar-refractivity contribution >= 4 is 17.1 Å². The summed E-state index contributed by atoms with van der Waals surface area (Å²) in [5.74, 6) is 0.877. The third kappa shape index (κ3) is 3.99. The van der Waals surface area contributed by atoms with E-state index < -0.39 is 23.4 Å². The molecule has 2 aliphatic rings. The van der Waals surface area contributed by atoms with E-state index in [-0.39, 0.29) is 12.0 Å². The van der Waals surface area contributed by atoms with Gasteiger partial charge in [0.25, 0.3) is 0 Å². The standard InChI is InChI=1S/C22H23NO6/c1-13-7-9-26-16(13)6-8-23-21(25)28-19-11-15-10-14-4-5-20(24)27-17(14)12-18(15)29-22(19,2)3/h4-10,12-13,16,19H,11H2,1-3H3,(H,23,25)/b8-6+/t13?,16?,19-/m0/s1. The average molecular weight is 397 g/mol. The molecule has 0 saturated heterocycles. The van der Waals surface area contributed by atoms with E-state index in [0.717, 1.165) is 10.9 Å². The van der Waals surface area contributed by atoms with Gasteiger partial charge in [-0.1, -0.05) is 6.92 Å². The summed E-state index contributed by atoms with van der Waals surface area (Å²) in [6.45, 7) is 5.74. The van der Waals surface area contributed by atoms with Crippen LogP contribution in [0.5, 0.6) is 5.75 Å². The fourth-order valence-corrected chi connectivity index (χ4v) is 3.46. The predicted octanol–water partition coefficient (Wildman–Crippen LogP) is 3.66. The van der Waals surface area contributed by atoms with Gasteiger partial charge in [0, 0.05) is 36.1 Å². The van der Waals surface area contributed by atoms with E-state index in [1.165, 1.54) is 12.3 Å². The molecule has 4 rings (SSSR count). The van der Waals surface area contributed by atoms with Gasteiger partial charge in [0.1, 0.15) is 29.1 Å². The number of carbonyl (C=O) groups is 1. The number of carbonyl (C=O) groups excluding carboxylic acids is 1. The number of fused-ring (bicyclic) bond motifs is 2. The Bertz CT molecular complexity index is 1050. The van der Waals surface area contributed by atoms with Crippen LogP contribution in [0.4, 0.5) is 4.79 Å². The van der Waals surface area contributed by atoms with E-state index in [1.54, 1.807) is 24.5 Å². The van der Waals surface area contributed by atoms with Crippen molar-refractivity contribution in [3.63, 3.8) is 0 Å². The SMILES string of the molecule is CC1C=COC1/C=C/NC(=O)O[C@H]1Cc2cc3ccc(=O)oc3cc2OC1(C)C. The first-order valence-electron chi connectivity index (χ1n) is 9.53. The van der Waals surface area contributed by atoms with Gasteiger partial charge in [-0.25, -0.2) is 9.59 Å². The number of nitrogens with one attached hydrogen (secondary N) is 1. The lowest BCUT2D eigenvalue weighted by Gasteiger charge is -2.39. The van der Waals surface area contributed by atoms with Crippen LogP contribution < -0.4 is 15.7 Å². The molecule has 152 valence electrons. The number of ether oxygens (including phenoxy) is 3. The molecule has 1 aromatic carbocycles. The predicted molar refractivity (Wildman–Crippen MR) is 107 cm³/mol. The molecule has 2 unspecified atom stereocenters. The highest BCUT2D eigenvalue weighted by Crippen LogP contribution is 2.37. The molecule has 0 aliphatic carbocycles. The Morgan fingerprint density at radius 3 is 2.90 bits per heavy atom. The van der Waals surface area contributed by atoms with Gasteiger partial charge in [-0.15, -0.1) is 0 Å². The van der Waals surface area contributed by atoms with E-state index in [9.17, 15) is 9.59 Å². The second-order valence-corrected chi connectivity index (χ2v) is 7.85. The highest BCUT2D eigenvalue weighted by Gasteiger charge is 2.40. The summed E-state index contributed by atoms with van der Waals surface area (Å²) in [5, 5.41) is 3.41. The minimum absolute atomic E-state index is 0.0926. The second-order valence-electron chi connectivity index (χ2n) is 7.85. The van der Waals surface area contributed by atoms with Crippen molar-refractivity contribution in [2.75, 3.05) is 0 Å².